The molecule has 2 heterocycles. The molecule has 2 aliphatic heterocycles. The molecule has 0 saturated carbocycles. The number of piperidine rings is 2. The molecule has 26 heavy (non-hydrogen) atoms. The Hall–Kier alpha value is -1.14. The van der Waals surface area contributed by atoms with Gasteiger partial charge in [0.15, 0.2) is 0 Å². The van der Waals surface area contributed by atoms with Crippen LogP contribution in [0.2, 0.25) is 0 Å². The summed E-state index contributed by atoms with van der Waals surface area (Å²) >= 11 is 0. The van der Waals surface area contributed by atoms with Gasteiger partial charge in [-0.2, -0.15) is 0 Å². The van der Waals surface area contributed by atoms with Gasteiger partial charge in [0.2, 0.25) is 11.8 Å². The molecule has 2 rings (SSSR count). The Morgan fingerprint density at radius 1 is 1.15 bits per heavy atom. The molecule has 2 aliphatic rings. The van der Waals surface area contributed by atoms with Gasteiger partial charge in [-0.15, -0.1) is 0 Å². The van der Waals surface area contributed by atoms with Crippen molar-refractivity contribution in [3.8, 4) is 0 Å². The van der Waals surface area contributed by atoms with Gasteiger partial charge in [-0.05, 0) is 46.0 Å². The largest absolute Gasteiger partial charge is 0.377 e. The Morgan fingerprint density at radius 3 is 2.54 bits per heavy atom. The molecule has 0 aromatic heterocycles. The third kappa shape index (κ3) is 6.88. The van der Waals surface area contributed by atoms with Crippen molar-refractivity contribution in [2.24, 2.45) is 5.92 Å². The summed E-state index contributed by atoms with van der Waals surface area (Å²) in [5, 5.41) is 3.24. The summed E-state index contributed by atoms with van der Waals surface area (Å²) in [6.45, 7) is 11.3. The number of hydrogen-bond donors (Lipinski definition) is 1. The van der Waals surface area contributed by atoms with Gasteiger partial charge in [0, 0.05) is 45.2 Å². The van der Waals surface area contributed by atoms with Gasteiger partial charge in [0.1, 0.15) is 0 Å². The van der Waals surface area contributed by atoms with Gasteiger partial charge in [0.25, 0.3) is 0 Å². The zero-order chi connectivity index (χ0) is 18.9. The Morgan fingerprint density at radius 2 is 1.88 bits per heavy atom. The average molecular weight is 368 g/mol. The Labute approximate surface area is 158 Å². The maximum Gasteiger partial charge on any atom is 0.225 e. The lowest BCUT2D eigenvalue weighted by atomic mass is 9.95. The second kappa shape index (κ2) is 10.9. The SMILES string of the molecule is CCCC(=O)N1CCCC(C(=O)NC2CCN(CCOC(C)C)CC2)C1. The van der Waals surface area contributed by atoms with Crippen LogP contribution < -0.4 is 5.32 Å². The minimum Gasteiger partial charge on any atom is -0.377 e. The molecule has 1 N–H and O–H groups in total. The highest BCUT2D eigenvalue weighted by atomic mass is 16.5. The second-order valence-corrected chi connectivity index (χ2v) is 7.97. The minimum absolute atomic E-state index is 0.0398. The van der Waals surface area contributed by atoms with Crippen molar-refractivity contribution in [2.45, 2.75) is 71.4 Å². The van der Waals surface area contributed by atoms with E-state index in [2.05, 4.69) is 24.1 Å². The van der Waals surface area contributed by atoms with E-state index in [1.54, 1.807) is 0 Å². The van der Waals surface area contributed by atoms with Gasteiger partial charge >= 0.3 is 0 Å². The van der Waals surface area contributed by atoms with E-state index in [1.165, 1.54) is 0 Å². The quantitative estimate of drug-likeness (QED) is 0.713. The first-order chi connectivity index (χ1) is 12.5. The highest BCUT2D eigenvalue weighted by Gasteiger charge is 2.30. The molecule has 6 nitrogen and oxygen atoms in total. The average Bonchev–Trinajstić information content (AvgIpc) is 2.63. The van der Waals surface area contributed by atoms with E-state index in [1.807, 2.05) is 11.8 Å². The van der Waals surface area contributed by atoms with Crippen LogP contribution in [0, 0.1) is 5.92 Å². The summed E-state index contributed by atoms with van der Waals surface area (Å²) < 4.78 is 5.62. The molecule has 0 bridgehead atoms. The summed E-state index contributed by atoms with van der Waals surface area (Å²) in [5.74, 6) is 0.296. The lowest BCUT2D eigenvalue weighted by Gasteiger charge is -2.35. The number of likely N-dealkylation sites (tertiary alicyclic amines) is 2. The molecule has 6 heteroatoms. The zero-order valence-corrected chi connectivity index (χ0v) is 16.8. The Kier molecular flexibility index (Phi) is 8.85. The van der Waals surface area contributed by atoms with Gasteiger partial charge < -0.3 is 19.9 Å². The molecule has 0 spiro atoms. The third-order valence-corrected chi connectivity index (χ3v) is 5.40. The first kappa shape index (κ1) is 21.2. The minimum atomic E-state index is -0.0398. The first-order valence-electron chi connectivity index (χ1n) is 10.4. The number of amides is 2. The molecule has 150 valence electrons. The van der Waals surface area contributed by atoms with Crippen LogP contribution in [0.5, 0.6) is 0 Å². The van der Waals surface area contributed by atoms with Crippen molar-refractivity contribution >= 4 is 11.8 Å². The lowest BCUT2D eigenvalue weighted by Crippen LogP contribution is -2.50. The van der Waals surface area contributed by atoms with Gasteiger partial charge in [-0.25, -0.2) is 0 Å². The fourth-order valence-electron chi connectivity index (χ4n) is 3.83. The Balaban J connectivity index is 1.69. The summed E-state index contributed by atoms with van der Waals surface area (Å²) in [7, 11) is 0. The number of carbonyl (C=O) groups excluding carboxylic acids is 2. The molecule has 2 amide bonds. The van der Waals surface area contributed by atoms with Crippen LogP contribution in [0.4, 0.5) is 0 Å². The number of carbonyl (C=O) groups is 2. The number of rotatable bonds is 8. The standard InChI is InChI=1S/C20H37N3O3/c1-4-6-19(24)23-10-5-7-17(15-23)20(25)21-18-8-11-22(12-9-18)13-14-26-16(2)3/h16-18H,4-15H2,1-3H3,(H,21,25). The molecule has 2 saturated heterocycles. The number of hydrogen-bond acceptors (Lipinski definition) is 4. The summed E-state index contributed by atoms with van der Waals surface area (Å²) in [6, 6.07) is 0.270. The zero-order valence-electron chi connectivity index (χ0n) is 16.8. The predicted octanol–water partition coefficient (Wildman–Crippen LogP) is 2.03. The van der Waals surface area contributed by atoms with Crippen molar-refractivity contribution in [1.29, 1.82) is 0 Å². The smallest absolute Gasteiger partial charge is 0.225 e. The molecule has 0 radical (unpaired) electrons. The normalized spacial score (nSPS) is 22.6. The van der Waals surface area contributed by atoms with E-state index < -0.39 is 0 Å². The maximum absolute atomic E-state index is 12.6. The molecule has 0 aromatic carbocycles. The Bertz CT molecular complexity index is 448. The van der Waals surface area contributed by atoms with Crippen LogP contribution in [-0.4, -0.2) is 73.1 Å². The summed E-state index contributed by atoms with van der Waals surface area (Å²) in [5.41, 5.74) is 0. The van der Waals surface area contributed by atoms with Crippen LogP contribution in [0.25, 0.3) is 0 Å². The highest BCUT2D eigenvalue weighted by Crippen LogP contribution is 2.19. The van der Waals surface area contributed by atoms with Crippen LogP contribution in [-0.2, 0) is 14.3 Å². The molecule has 0 aromatic rings. The monoisotopic (exact) mass is 367 g/mol. The molecule has 2 fully saturated rings. The first-order valence-corrected chi connectivity index (χ1v) is 10.4. The van der Waals surface area contributed by atoms with Crippen LogP contribution in [0.15, 0.2) is 0 Å². The summed E-state index contributed by atoms with van der Waals surface area (Å²) in [6.07, 6.45) is 5.57. The molecule has 1 atom stereocenters. The van der Waals surface area contributed by atoms with Crippen molar-refractivity contribution < 1.29 is 14.3 Å². The van der Waals surface area contributed by atoms with Crippen LogP contribution in [0.1, 0.15) is 59.3 Å². The van der Waals surface area contributed by atoms with Gasteiger partial charge in [-0.1, -0.05) is 6.92 Å². The second-order valence-electron chi connectivity index (χ2n) is 7.97. The predicted molar refractivity (Wildman–Crippen MR) is 103 cm³/mol. The van der Waals surface area contributed by atoms with E-state index in [0.29, 0.717) is 13.0 Å². The third-order valence-electron chi connectivity index (χ3n) is 5.40. The number of ether oxygens (including phenoxy) is 1. The fraction of sp³-hybridized carbons (Fsp3) is 0.900. The topological polar surface area (TPSA) is 61.9 Å². The van der Waals surface area contributed by atoms with Crippen LogP contribution in [0.3, 0.4) is 0 Å². The highest BCUT2D eigenvalue weighted by molar-refractivity contribution is 5.81. The van der Waals surface area contributed by atoms with E-state index in [-0.39, 0.29) is 29.9 Å². The van der Waals surface area contributed by atoms with Crippen molar-refractivity contribution in [2.75, 3.05) is 39.3 Å². The van der Waals surface area contributed by atoms with Gasteiger partial charge in [0.05, 0.1) is 18.6 Å². The van der Waals surface area contributed by atoms with Crippen molar-refractivity contribution in [3.05, 3.63) is 0 Å². The number of nitrogens with zero attached hydrogens (tertiary/aromatic N) is 2. The lowest BCUT2D eigenvalue weighted by molar-refractivity contribution is -0.136. The molecule has 1 unspecified atom stereocenters. The van der Waals surface area contributed by atoms with Crippen LogP contribution >= 0.6 is 0 Å². The molecular weight excluding hydrogens is 330 g/mol. The maximum atomic E-state index is 12.6. The number of nitrogens with one attached hydrogen (secondary N) is 1. The van der Waals surface area contributed by atoms with Gasteiger partial charge in [-0.3, -0.25) is 9.59 Å². The fourth-order valence-corrected chi connectivity index (χ4v) is 3.83. The van der Waals surface area contributed by atoms with E-state index >= 15 is 0 Å². The van der Waals surface area contributed by atoms with E-state index in [0.717, 1.165) is 64.9 Å². The van der Waals surface area contributed by atoms with E-state index in [9.17, 15) is 9.59 Å². The summed E-state index contributed by atoms with van der Waals surface area (Å²) in [4.78, 5) is 29.0. The van der Waals surface area contributed by atoms with Crippen molar-refractivity contribution in [1.82, 2.24) is 15.1 Å². The van der Waals surface area contributed by atoms with E-state index in [4.69, 9.17) is 4.74 Å². The molecular formula is C20H37N3O3. The van der Waals surface area contributed by atoms with Crippen molar-refractivity contribution in [3.63, 3.8) is 0 Å². The molecule has 0 aliphatic carbocycles.